The highest BCUT2D eigenvalue weighted by Crippen LogP contribution is 2.32. The molecule has 0 aliphatic heterocycles. The van der Waals surface area contributed by atoms with Gasteiger partial charge >= 0.3 is 6.18 Å². The van der Waals surface area contributed by atoms with Crippen molar-refractivity contribution in [1.29, 1.82) is 0 Å². The number of aromatic nitrogens is 3. The Hall–Kier alpha value is -1.90. The smallest absolute Gasteiger partial charge is 0.343 e. The second-order valence-electron chi connectivity index (χ2n) is 4.59. The molecule has 2 heterocycles. The SMILES string of the molecule is CCC(NC(=O)c1cnn(CC)c1)c1nc(C(F)(F)F)cs1. The van der Waals surface area contributed by atoms with Crippen LogP contribution in [-0.4, -0.2) is 20.7 Å². The molecule has 0 saturated carbocycles. The quantitative estimate of drug-likeness (QED) is 0.914. The van der Waals surface area contributed by atoms with Gasteiger partial charge < -0.3 is 5.32 Å². The highest BCUT2D eigenvalue weighted by atomic mass is 32.1. The van der Waals surface area contributed by atoms with Crippen LogP contribution in [0.2, 0.25) is 0 Å². The van der Waals surface area contributed by atoms with Crippen molar-refractivity contribution in [2.45, 2.75) is 39.0 Å². The molecule has 120 valence electrons. The van der Waals surface area contributed by atoms with Crippen molar-refractivity contribution in [2.75, 3.05) is 0 Å². The average molecular weight is 332 g/mol. The minimum atomic E-state index is -4.47. The zero-order valence-electron chi connectivity index (χ0n) is 12.0. The van der Waals surface area contributed by atoms with Gasteiger partial charge in [-0.25, -0.2) is 4.98 Å². The van der Waals surface area contributed by atoms with E-state index < -0.39 is 17.9 Å². The second kappa shape index (κ2) is 6.47. The Balaban J connectivity index is 2.11. The first-order valence-electron chi connectivity index (χ1n) is 6.71. The third kappa shape index (κ3) is 3.65. The molecule has 1 atom stereocenters. The van der Waals surface area contributed by atoms with E-state index >= 15 is 0 Å². The van der Waals surface area contributed by atoms with Gasteiger partial charge in [0.2, 0.25) is 0 Å². The van der Waals surface area contributed by atoms with Crippen molar-refractivity contribution in [3.8, 4) is 0 Å². The van der Waals surface area contributed by atoms with E-state index in [0.717, 1.165) is 16.7 Å². The lowest BCUT2D eigenvalue weighted by atomic mass is 10.2. The minimum absolute atomic E-state index is 0.242. The summed E-state index contributed by atoms with van der Waals surface area (Å²) in [5.74, 6) is -0.379. The van der Waals surface area contributed by atoms with Crippen LogP contribution in [0.1, 0.15) is 47.4 Å². The maximum Gasteiger partial charge on any atom is 0.434 e. The Bertz CT molecular complexity index is 650. The zero-order chi connectivity index (χ0) is 16.3. The summed E-state index contributed by atoms with van der Waals surface area (Å²) < 4.78 is 39.3. The normalized spacial score (nSPS) is 13.1. The van der Waals surface area contributed by atoms with Gasteiger partial charge in [0.1, 0.15) is 5.01 Å². The summed E-state index contributed by atoms with van der Waals surface area (Å²) in [5, 5.41) is 7.88. The Morgan fingerprint density at radius 2 is 2.18 bits per heavy atom. The van der Waals surface area contributed by atoms with E-state index in [2.05, 4.69) is 15.4 Å². The molecule has 0 radical (unpaired) electrons. The molecule has 0 aliphatic carbocycles. The molecule has 1 N–H and O–H groups in total. The van der Waals surface area contributed by atoms with Crippen molar-refractivity contribution in [1.82, 2.24) is 20.1 Å². The number of hydrogen-bond acceptors (Lipinski definition) is 4. The molecule has 0 bridgehead atoms. The van der Waals surface area contributed by atoms with Crippen molar-refractivity contribution < 1.29 is 18.0 Å². The summed E-state index contributed by atoms with van der Waals surface area (Å²) in [5.41, 5.74) is -0.563. The molecule has 2 aromatic rings. The Morgan fingerprint density at radius 1 is 1.45 bits per heavy atom. The van der Waals surface area contributed by atoms with Crippen molar-refractivity contribution >= 4 is 17.2 Å². The van der Waals surface area contributed by atoms with Crippen LogP contribution in [0.4, 0.5) is 13.2 Å². The van der Waals surface area contributed by atoms with Crippen LogP contribution in [0.15, 0.2) is 17.8 Å². The number of carbonyl (C=O) groups is 1. The molecule has 22 heavy (non-hydrogen) atoms. The number of nitrogens with zero attached hydrogens (tertiary/aromatic N) is 3. The second-order valence-corrected chi connectivity index (χ2v) is 5.48. The van der Waals surface area contributed by atoms with Crippen molar-refractivity contribution in [2.24, 2.45) is 0 Å². The fraction of sp³-hybridized carbons (Fsp3) is 0.462. The summed E-state index contributed by atoms with van der Waals surface area (Å²) >= 11 is 0.889. The molecule has 1 amide bonds. The third-order valence-corrected chi connectivity index (χ3v) is 4.00. The number of carbonyl (C=O) groups excluding carboxylic acids is 1. The van der Waals surface area contributed by atoms with Gasteiger partial charge in [-0.3, -0.25) is 9.48 Å². The van der Waals surface area contributed by atoms with Crippen molar-refractivity contribution in [3.63, 3.8) is 0 Å². The highest BCUT2D eigenvalue weighted by molar-refractivity contribution is 7.09. The number of rotatable bonds is 5. The predicted molar refractivity (Wildman–Crippen MR) is 75.5 cm³/mol. The van der Waals surface area contributed by atoms with E-state index in [9.17, 15) is 18.0 Å². The number of alkyl halides is 3. The molecule has 0 saturated heterocycles. The summed E-state index contributed by atoms with van der Waals surface area (Å²) in [6.45, 7) is 4.29. The number of aryl methyl sites for hydroxylation is 1. The minimum Gasteiger partial charge on any atom is -0.343 e. The van der Waals surface area contributed by atoms with Crippen LogP contribution < -0.4 is 5.32 Å². The van der Waals surface area contributed by atoms with Crippen LogP contribution in [0.25, 0.3) is 0 Å². The van der Waals surface area contributed by atoms with Gasteiger partial charge in [0.15, 0.2) is 5.69 Å². The van der Waals surface area contributed by atoms with Gasteiger partial charge in [-0.05, 0) is 13.3 Å². The van der Waals surface area contributed by atoms with Crippen LogP contribution in [0.5, 0.6) is 0 Å². The molecular formula is C13H15F3N4OS. The van der Waals surface area contributed by atoms with E-state index in [4.69, 9.17) is 0 Å². The van der Waals surface area contributed by atoms with Gasteiger partial charge in [0, 0.05) is 18.1 Å². The number of nitrogens with one attached hydrogen (secondary N) is 1. The summed E-state index contributed by atoms with van der Waals surface area (Å²) in [6, 6.07) is -0.557. The van der Waals surface area contributed by atoms with E-state index in [0.29, 0.717) is 18.5 Å². The fourth-order valence-electron chi connectivity index (χ4n) is 1.81. The van der Waals surface area contributed by atoms with E-state index in [1.165, 1.54) is 6.20 Å². The first kappa shape index (κ1) is 16.5. The number of halogens is 3. The summed E-state index contributed by atoms with van der Waals surface area (Å²) in [7, 11) is 0. The Kier molecular flexibility index (Phi) is 4.84. The molecule has 0 aliphatic rings. The molecule has 5 nitrogen and oxygen atoms in total. The molecule has 0 aromatic carbocycles. The van der Waals surface area contributed by atoms with E-state index in [-0.39, 0.29) is 10.9 Å². The Morgan fingerprint density at radius 3 is 2.68 bits per heavy atom. The standard InChI is InChI=1S/C13H15F3N4OS/c1-3-9(12-19-10(7-22-12)13(14,15)16)18-11(21)8-5-17-20(4-2)6-8/h5-7,9H,3-4H2,1-2H3,(H,18,21). The van der Waals surface area contributed by atoms with Gasteiger partial charge in [-0.2, -0.15) is 18.3 Å². The lowest BCUT2D eigenvalue weighted by Crippen LogP contribution is -2.28. The topological polar surface area (TPSA) is 59.8 Å². The molecule has 9 heteroatoms. The average Bonchev–Trinajstić information content (AvgIpc) is 3.12. The maximum absolute atomic E-state index is 12.6. The maximum atomic E-state index is 12.6. The molecule has 2 aromatic heterocycles. The first-order chi connectivity index (χ1) is 10.3. The predicted octanol–water partition coefficient (Wildman–Crippen LogP) is 3.26. The summed E-state index contributed by atoms with van der Waals surface area (Å²) in [4.78, 5) is 15.7. The molecule has 0 fully saturated rings. The summed E-state index contributed by atoms with van der Waals surface area (Å²) in [6.07, 6.45) is -1.02. The molecule has 1 unspecified atom stereocenters. The zero-order valence-corrected chi connectivity index (χ0v) is 12.8. The first-order valence-corrected chi connectivity index (χ1v) is 7.59. The largest absolute Gasteiger partial charge is 0.434 e. The van der Waals surface area contributed by atoms with E-state index in [1.807, 2.05) is 6.92 Å². The molecular weight excluding hydrogens is 317 g/mol. The van der Waals surface area contributed by atoms with Gasteiger partial charge in [0.05, 0.1) is 17.8 Å². The van der Waals surface area contributed by atoms with Gasteiger partial charge in [0.25, 0.3) is 5.91 Å². The number of thiazole rings is 1. The van der Waals surface area contributed by atoms with Crippen LogP contribution in [0.3, 0.4) is 0 Å². The third-order valence-electron chi connectivity index (χ3n) is 3.04. The van der Waals surface area contributed by atoms with E-state index in [1.54, 1.807) is 17.8 Å². The fourth-order valence-corrected chi connectivity index (χ4v) is 2.77. The Labute approximate surface area is 129 Å². The van der Waals surface area contributed by atoms with Crippen molar-refractivity contribution in [3.05, 3.63) is 34.0 Å². The number of amides is 1. The highest BCUT2D eigenvalue weighted by Gasteiger charge is 2.34. The monoisotopic (exact) mass is 332 g/mol. The van der Waals surface area contributed by atoms with Gasteiger partial charge in [-0.1, -0.05) is 6.92 Å². The number of hydrogen-bond donors (Lipinski definition) is 1. The van der Waals surface area contributed by atoms with Crippen LogP contribution in [-0.2, 0) is 12.7 Å². The van der Waals surface area contributed by atoms with Crippen LogP contribution in [0, 0.1) is 0 Å². The lowest BCUT2D eigenvalue weighted by Gasteiger charge is -2.13. The lowest BCUT2D eigenvalue weighted by molar-refractivity contribution is -0.140. The van der Waals surface area contributed by atoms with Gasteiger partial charge in [-0.15, -0.1) is 11.3 Å². The van der Waals surface area contributed by atoms with Crippen LogP contribution >= 0.6 is 11.3 Å². The molecule has 0 spiro atoms. The molecule has 2 rings (SSSR count).